The fourth-order valence-corrected chi connectivity index (χ4v) is 3.91. The normalized spacial score (nSPS) is 11.0. The van der Waals surface area contributed by atoms with E-state index in [9.17, 15) is 19.8 Å². The number of anilines is 1. The molecule has 7 nitrogen and oxygen atoms in total. The van der Waals surface area contributed by atoms with Gasteiger partial charge in [-0.3, -0.25) is 4.79 Å². The summed E-state index contributed by atoms with van der Waals surface area (Å²) >= 11 is 11.7. The van der Waals surface area contributed by atoms with E-state index in [4.69, 9.17) is 32.4 Å². The molecule has 3 rings (SSSR count). The molecule has 0 radical (unpaired) electrons. The number of phenolic OH excluding ortho intramolecular Hbond substituents is 2. The van der Waals surface area contributed by atoms with Crippen LogP contribution in [0.1, 0.15) is 24.0 Å². The van der Waals surface area contributed by atoms with Gasteiger partial charge in [-0.2, -0.15) is 0 Å². The Balaban J connectivity index is 1.52. The Morgan fingerprint density at radius 3 is 2.39 bits per heavy atom. The molecule has 0 unspecified atom stereocenters. The molecule has 0 atom stereocenters. The van der Waals surface area contributed by atoms with Gasteiger partial charge >= 0.3 is 11.6 Å². The molecule has 2 aromatic carbocycles. The molecular weight excluding hydrogens is 469 g/mol. The molecule has 1 heterocycles. The van der Waals surface area contributed by atoms with E-state index in [0.717, 1.165) is 24.3 Å². The second-order valence-electron chi connectivity index (χ2n) is 7.45. The summed E-state index contributed by atoms with van der Waals surface area (Å²) in [6, 6.07) is 12.0. The highest BCUT2D eigenvalue weighted by Crippen LogP contribution is 2.34. The van der Waals surface area contributed by atoms with Gasteiger partial charge in [0.2, 0.25) is 5.75 Å². The molecule has 0 aliphatic heterocycles. The maximum atomic E-state index is 12.2. The van der Waals surface area contributed by atoms with Crippen LogP contribution in [0.25, 0.3) is 11.0 Å². The van der Waals surface area contributed by atoms with Crippen LogP contribution >= 0.6 is 23.2 Å². The predicted octanol–water partition coefficient (Wildman–Crippen LogP) is 4.55. The highest BCUT2D eigenvalue weighted by Gasteiger charge is 2.14. The lowest BCUT2D eigenvalue weighted by Gasteiger charge is -2.23. The Bertz CT molecular complexity index is 1140. The van der Waals surface area contributed by atoms with Crippen LogP contribution in [-0.4, -0.2) is 41.0 Å². The standard InChI is InChI=1S/C24H25Cl2NO6/c25-10-12-27(13-11-26)18-6-4-16(5-7-18)2-1-3-21(29)32-15-17-14-22(30)33-24-19(17)8-9-20(28)23(24)31/h4-9,14,28,31H,1-3,10-13,15H2. The van der Waals surface area contributed by atoms with E-state index < -0.39 is 23.1 Å². The third kappa shape index (κ3) is 6.55. The number of hydrogen-bond donors (Lipinski definition) is 2. The van der Waals surface area contributed by atoms with E-state index in [0.29, 0.717) is 35.6 Å². The zero-order valence-corrected chi connectivity index (χ0v) is 19.4. The second kappa shape index (κ2) is 11.8. The van der Waals surface area contributed by atoms with Gasteiger partial charge in [0.25, 0.3) is 0 Å². The number of ether oxygens (including phenoxy) is 1. The first-order valence-corrected chi connectivity index (χ1v) is 11.6. The number of halogens is 2. The number of aryl methyl sites for hydroxylation is 1. The van der Waals surface area contributed by atoms with Gasteiger partial charge in [0, 0.05) is 54.0 Å². The fourth-order valence-electron chi connectivity index (χ4n) is 3.50. The van der Waals surface area contributed by atoms with Crippen LogP contribution in [-0.2, 0) is 22.6 Å². The third-order valence-electron chi connectivity index (χ3n) is 5.20. The van der Waals surface area contributed by atoms with Gasteiger partial charge < -0.3 is 24.3 Å². The van der Waals surface area contributed by atoms with Gasteiger partial charge in [-0.05, 0) is 42.7 Å². The van der Waals surface area contributed by atoms with Crippen LogP contribution in [0.15, 0.2) is 51.7 Å². The fraction of sp³-hybridized carbons (Fsp3) is 0.333. The van der Waals surface area contributed by atoms with Gasteiger partial charge in [0.1, 0.15) is 6.61 Å². The van der Waals surface area contributed by atoms with E-state index in [2.05, 4.69) is 4.90 Å². The van der Waals surface area contributed by atoms with E-state index in [-0.39, 0.29) is 18.6 Å². The quantitative estimate of drug-likeness (QED) is 0.175. The number of esters is 1. The molecule has 0 bridgehead atoms. The summed E-state index contributed by atoms with van der Waals surface area (Å²) in [6.07, 6.45) is 1.54. The number of aromatic hydroxyl groups is 2. The van der Waals surface area contributed by atoms with Crippen molar-refractivity contribution in [1.82, 2.24) is 0 Å². The van der Waals surface area contributed by atoms with Gasteiger partial charge in [-0.15, -0.1) is 23.2 Å². The van der Waals surface area contributed by atoms with Crippen LogP contribution in [0.5, 0.6) is 11.5 Å². The zero-order valence-electron chi connectivity index (χ0n) is 17.9. The van der Waals surface area contributed by atoms with Crippen molar-refractivity contribution >= 4 is 45.8 Å². The van der Waals surface area contributed by atoms with Gasteiger partial charge in [-0.25, -0.2) is 4.79 Å². The molecule has 176 valence electrons. The summed E-state index contributed by atoms with van der Waals surface area (Å²) in [6.45, 7) is 1.30. The van der Waals surface area contributed by atoms with E-state index in [1.807, 2.05) is 24.3 Å². The molecule has 0 saturated carbocycles. The monoisotopic (exact) mass is 493 g/mol. The molecule has 0 saturated heterocycles. The van der Waals surface area contributed by atoms with Crippen molar-refractivity contribution in [2.45, 2.75) is 25.9 Å². The number of carbonyl (C=O) groups is 1. The van der Waals surface area contributed by atoms with Gasteiger partial charge in [-0.1, -0.05) is 12.1 Å². The molecule has 33 heavy (non-hydrogen) atoms. The molecule has 0 fully saturated rings. The van der Waals surface area contributed by atoms with Crippen molar-refractivity contribution in [1.29, 1.82) is 0 Å². The van der Waals surface area contributed by atoms with Crippen molar-refractivity contribution in [2.75, 3.05) is 29.7 Å². The van der Waals surface area contributed by atoms with Gasteiger partial charge in [0.15, 0.2) is 11.3 Å². The van der Waals surface area contributed by atoms with Crippen molar-refractivity contribution < 1.29 is 24.2 Å². The molecule has 0 amide bonds. The van der Waals surface area contributed by atoms with E-state index in [1.165, 1.54) is 18.2 Å². The average molecular weight is 494 g/mol. The van der Waals surface area contributed by atoms with Crippen molar-refractivity contribution in [3.05, 3.63) is 64.0 Å². The molecular formula is C24H25Cl2NO6. The number of alkyl halides is 2. The number of fused-ring (bicyclic) bond motifs is 1. The number of hydrogen-bond acceptors (Lipinski definition) is 7. The number of benzene rings is 2. The second-order valence-corrected chi connectivity index (χ2v) is 8.20. The minimum absolute atomic E-state index is 0.142. The Hall–Kier alpha value is -2.90. The average Bonchev–Trinajstić information content (AvgIpc) is 2.80. The van der Waals surface area contributed by atoms with Crippen LogP contribution < -0.4 is 10.5 Å². The molecule has 0 aliphatic rings. The lowest BCUT2D eigenvalue weighted by molar-refractivity contribution is -0.145. The first-order chi connectivity index (χ1) is 15.9. The molecule has 0 spiro atoms. The number of carbonyl (C=O) groups excluding carboxylic acids is 1. The van der Waals surface area contributed by atoms with Crippen molar-refractivity contribution in [3.8, 4) is 11.5 Å². The molecule has 2 N–H and O–H groups in total. The number of rotatable bonds is 11. The lowest BCUT2D eigenvalue weighted by Crippen LogP contribution is -2.27. The SMILES string of the molecule is O=C(CCCc1ccc(N(CCCl)CCCl)cc1)OCc1cc(=O)oc2c(O)c(O)ccc12. The predicted molar refractivity (Wildman–Crippen MR) is 129 cm³/mol. The number of nitrogens with zero attached hydrogens (tertiary/aromatic N) is 1. The Kier molecular flexibility index (Phi) is 8.86. The first kappa shape index (κ1) is 24.7. The van der Waals surface area contributed by atoms with Crippen LogP contribution in [0.4, 0.5) is 5.69 Å². The Morgan fingerprint density at radius 1 is 1.03 bits per heavy atom. The summed E-state index contributed by atoms with van der Waals surface area (Å²) in [7, 11) is 0. The largest absolute Gasteiger partial charge is 0.504 e. The van der Waals surface area contributed by atoms with Crippen LogP contribution in [0, 0.1) is 0 Å². The maximum Gasteiger partial charge on any atom is 0.336 e. The summed E-state index contributed by atoms with van der Waals surface area (Å²) in [4.78, 5) is 26.1. The smallest absolute Gasteiger partial charge is 0.336 e. The number of phenols is 2. The molecule has 3 aromatic rings. The zero-order chi connectivity index (χ0) is 23.8. The Labute approximate surface area is 201 Å². The third-order valence-corrected chi connectivity index (χ3v) is 5.53. The first-order valence-electron chi connectivity index (χ1n) is 10.5. The molecule has 1 aromatic heterocycles. The molecule has 0 aliphatic carbocycles. The summed E-state index contributed by atoms with van der Waals surface area (Å²) in [5, 5.41) is 19.9. The summed E-state index contributed by atoms with van der Waals surface area (Å²) < 4.78 is 10.3. The van der Waals surface area contributed by atoms with Crippen molar-refractivity contribution in [2.24, 2.45) is 0 Å². The van der Waals surface area contributed by atoms with Gasteiger partial charge in [0.05, 0.1) is 0 Å². The summed E-state index contributed by atoms with van der Waals surface area (Å²) in [5.74, 6) is -0.287. The molecule has 9 heteroatoms. The summed E-state index contributed by atoms with van der Waals surface area (Å²) in [5.41, 5.74) is 1.68. The minimum atomic E-state index is -0.714. The van der Waals surface area contributed by atoms with E-state index in [1.54, 1.807) is 0 Å². The van der Waals surface area contributed by atoms with Crippen LogP contribution in [0.2, 0.25) is 0 Å². The van der Waals surface area contributed by atoms with Crippen LogP contribution in [0.3, 0.4) is 0 Å². The Morgan fingerprint density at radius 2 is 1.73 bits per heavy atom. The maximum absolute atomic E-state index is 12.2. The van der Waals surface area contributed by atoms with Crippen molar-refractivity contribution in [3.63, 3.8) is 0 Å². The highest BCUT2D eigenvalue weighted by molar-refractivity contribution is 6.18. The topological polar surface area (TPSA) is 100 Å². The minimum Gasteiger partial charge on any atom is -0.504 e. The highest BCUT2D eigenvalue weighted by atomic mass is 35.5. The van der Waals surface area contributed by atoms with E-state index >= 15 is 0 Å². The lowest BCUT2D eigenvalue weighted by atomic mass is 10.1.